The van der Waals surface area contributed by atoms with E-state index in [1.807, 2.05) is 56.2 Å². The molecule has 22 heavy (non-hydrogen) atoms. The van der Waals surface area contributed by atoms with E-state index < -0.39 is 6.29 Å². The number of piperidine rings is 1. The van der Waals surface area contributed by atoms with Crippen molar-refractivity contribution < 1.29 is 19.0 Å². The van der Waals surface area contributed by atoms with Crippen molar-refractivity contribution in [2.24, 2.45) is 0 Å². The van der Waals surface area contributed by atoms with Crippen LogP contribution in [-0.2, 0) is 14.3 Å². The molecule has 3 atom stereocenters. The number of ether oxygens (including phenoxy) is 3. The fraction of sp³-hybridized carbons (Fsp3) is 0.647. The number of hydroxylamine groups is 2. The summed E-state index contributed by atoms with van der Waals surface area (Å²) in [6.45, 7) is 7.52. The summed E-state index contributed by atoms with van der Waals surface area (Å²) >= 11 is 0. The van der Waals surface area contributed by atoms with Crippen LogP contribution in [0.2, 0.25) is 0 Å². The molecular weight excluding hydrogens is 282 g/mol. The quantitative estimate of drug-likeness (QED) is 0.687. The molecule has 1 aromatic carbocycles. The number of rotatable bonds is 8. The van der Waals surface area contributed by atoms with E-state index in [0.29, 0.717) is 0 Å². The van der Waals surface area contributed by atoms with Gasteiger partial charge in [-0.2, -0.15) is 5.06 Å². The van der Waals surface area contributed by atoms with Gasteiger partial charge in [0.05, 0.1) is 0 Å². The highest BCUT2D eigenvalue weighted by atomic mass is 16.8. The van der Waals surface area contributed by atoms with Crippen LogP contribution in [0.3, 0.4) is 0 Å². The van der Waals surface area contributed by atoms with E-state index in [1.54, 1.807) is 0 Å². The molecule has 0 spiro atoms. The predicted molar refractivity (Wildman–Crippen MR) is 84.1 cm³/mol. The molecule has 0 amide bonds. The van der Waals surface area contributed by atoms with Crippen LogP contribution in [-0.4, -0.2) is 37.0 Å². The summed E-state index contributed by atoms with van der Waals surface area (Å²) in [6, 6.07) is 9.59. The smallest absolute Gasteiger partial charge is 0.199 e. The van der Waals surface area contributed by atoms with Crippen LogP contribution in [0.4, 0.5) is 0 Å². The third-order valence-electron chi connectivity index (χ3n) is 3.42. The van der Waals surface area contributed by atoms with Gasteiger partial charge < -0.3 is 14.2 Å². The Morgan fingerprint density at radius 2 is 1.45 bits per heavy atom. The molecule has 0 aliphatic carbocycles. The second kappa shape index (κ2) is 9.10. The first-order valence-electron chi connectivity index (χ1n) is 8.08. The summed E-state index contributed by atoms with van der Waals surface area (Å²) in [7, 11) is 0. The molecule has 1 aliphatic rings. The molecule has 0 saturated carbocycles. The Kier molecular flexibility index (Phi) is 7.12. The Labute approximate surface area is 133 Å². The van der Waals surface area contributed by atoms with Crippen LogP contribution in [0, 0.1) is 0 Å². The maximum atomic E-state index is 5.75. The second-order valence-electron chi connectivity index (χ2n) is 5.50. The van der Waals surface area contributed by atoms with Crippen molar-refractivity contribution in [2.75, 3.05) is 13.1 Å². The zero-order valence-electron chi connectivity index (χ0n) is 13.7. The van der Waals surface area contributed by atoms with Crippen molar-refractivity contribution in [2.45, 2.75) is 58.9 Å². The lowest BCUT2D eigenvalue weighted by Gasteiger charge is -2.30. The van der Waals surface area contributed by atoms with Crippen molar-refractivity contribution in [3.05, 3.63) is 30.3 Å². The van der Waals surface area contributed by atoms with Crippen LogP contribution < -0.4 is 4.74 Å². The lowest BCUT2D eigenvalue weighted by molar-refractivity contribution is -0.327. The van der Waals surface area contributed by atoms with E-state index in [2.05, 4.69) is 0 Å². The summed E-state index contributed by atoms with van der Waals surface area (Å²) in [5.41, 5.74) is 0. The third kappa shape index (κ3) is 6.32. The van der Waals surface area contributed by atoms with Crippen molar-refractivity contribution >= 4 is 0 Å². The van der Waals surface area contributed by atoms with E-state index in [1.165, 1.54) is 19.3 Å². The van der Waals surface area contributed by atoms with Gasteiger partial charge in [0.1, 0.15) is 5.75 Å². The highest BCUT2D eigenvalue weighted by Crippen LogP contribution is 2.15. The normalized spacial score (nSPS) is 20.3. The van der Waals surface area contributed by atoms with Gasteiger partial charge in [0.25, 0.3) is 0 Å². The Morgan fingerprint density at radius 1 is 0.818 bits per heavy atom. The molecule has 3 unspecified atom stereocenters. The molecule has 1 saturated heterocycles. The Morgan fingerprint density at radius 3 is 2.14 bits per heavy atom. The summed E-state index contributed by atoms with van der Waals surface area (Å²) in [5, 5.41) is 1.98. The number of para-hydroxylation sites is 1. The minimum atomic E-state index is -0.404. The van der Waals surface area contributed by atoms with E-state index in [9.17, 15) is 0 Å². The van der Waals surface area contributed by atoms with Gasteiger partial charge in [0.2, 0.25) is 0 Å². The number of benzene rings is 1. The Balaban J connectivity index is 1.66. The molecule has 0 N–H and O–H groups in total. The summed E-state index contributed by atoms with van der Waals surface area (Å²) in [5.74, 6) is 0.778. The minimum absolute atomic E-state index is 0.336. The first-order valence-corrected chi connectivity index (χ1v) is 8.08. The monoisotopic (exact) mass is 309 g/mol. The van der Waals surface area contributed by atoms with Crippen molar-refractivity contribution in [3.8, 4) is 5.75 Å². The Hall–Kier alpha value is -1.14. The first-order chi connectivity index (χ1) is 10.6. The van der Waals surface area contributed by atoms with Gasteiger partial charge >= 0.3 is 0 Å². The molecule has 0 radical (unpaired) electrons. The van der Waals surface area contributed by atoms with E-state index >= 15 is 0 Å². The van der Waals surface area contributed by atoms with Gasteiger partial charge in [0.15, 0.2) is 18.9 Å². The van der Waals surface area contributed by atoms with E-state index in [4.69, 9.17) is 19.0 Å². The lowest BCUT2D eigenvalue weighted by Crippen LogP contribution is -2.36. The highest BCUT2D eigenvalue weighted by molar-refractivity contribution is 5.20. The number of hydrogen-bond acceptors (Lipinski definition) is 5. The van der Waals surface area contributed by atoms with Crippen molar-refractivity contribution in [3.63, 3.8) is 0 Å². The van der Waals surface area contributed by atoms with E-state index in [-0.39, 0.29) is 12.6 Å². The van der Waals surface area contributed by atoms with Gasteiger partial charge in [-0.15, -0.1) is 0 Å². The SMILES string of the molecule is CC(Oc1ccccc1)OC(C)OC(C)ON1CCCCC1. The van der Waals surface area contributed by atoms with Gasteiger partial charge in [-0.3, -0.25) is 4.84 Å². The topological polar surface area (TPSA) is 40.2 Å². The maximum absolute atomic E-state index is 5.75. The average molecular weight is 309 g/mol. The summed E-state index contributed by atoms with van der Waals surface area (Å²) < 4.78 is 17.0. The molecule has 0 bridgehead atoms. The third-order valence-corrected chi connectivity index (χ3v) is 3.42. The second-order valence-corrected chi connectivity index (χ2v) is 5.50. The van der Waals surface area contributed by atoms with Crippen LogP contribution in [0.5, 0.6) is 5.75 Å². The van der Waals surface area contributed by atoms with Crippen LogP contribution >= 0.6 is 0 Å². The zero-order chi connectivity index (χ0) is 15.8. The molecule has 5 heteroatoms. The summed E-state index contributed by atoms with van der Waals surface area (Å²) in [4.78, 5) is 5.75. The summed E-state index contributed by atoms with van der Waals surface area (Å²) in [6.07, 6.45) is 2.51. The molecule has 1 fully saturated rings. The van der Waals surface area contributed by atoms with Gasteiger partial charge in [0, 0.05) is 13.1 Å². The fourth-order valence-corrected chi connectivity index (χ4v) is 2.50. The minimum Gasteiger partial charge on any atom is -0.465 e. The molecule has 1 aromatic rings. The molecule has 0 aromatic heterocycles. The first kappa shape index (κ1) is 17.2. The van der Waals surface area contributed by atoms with Gasteiger partial charge in [-0.05, 0) is 45.7 Å². The molecule has 2 rings (SSSR count). The molecule has 1 heterocycles. The van der Waals surface area contributed by atoms with Crippen molar-refractivity contribution in [1.29, 1.82) is 0 Å². The van der Waals surface area contributed by atoms with Crippen LogP contribution in [0.1, 0.15) is 40.0 Å². The average Bonchev–Trinajstić information content (AvgIpc) is 2.48. The van der Waals surface area contributed by atoms with Crippen molar-refractivity contribution in [1.82, 2.24) is 5.06 Å². The maximum Gasteiger partial charge on any atom is 0.199 e. The Bertz CT molecular complexity index is 408. The molecule has 5 nitrogen and oxygen atoms in total. The van der Waals surface area contributed by atoms with Gasteiger partial charge in [-0.1, -0.05) is 24.6 Å². The molecule has 1 aliphatic heterocycles. The molecular formula is C17H27NO4. The molecule has 124 valence electrons. The lowest BCUT2D eigenvalue weighted by atomic mass is 10.2. The van der Waals surface area contributed by atoms with Gasteiger partial charge in [-0.25, -0.2) is 0 Å². The van der Waals surface area contributed by atoms with Crippen LogP contribution in [0.25, 0.3) is 0 Å². The highest BCUT2D eigenvalue weighted by Gasteiger charge is 2.18. The standard InChI is InChI=1S/C17H27NO4/c1-14(19-15(2)21-17-10-6-4-7-11-17)20-16(3)22-18-12-8-5-9-13-18/h4,6-7,10-11,14-16H,5,8-9,12-13H2,1-3H3. The predicted octanol–water partition coefficient (Wildman–Crippen LogP) is 3.55. The van der Waals surface area contributed by atoms with E-state index in [0.717, 1.165) is 18.8 Å². The number of hydrogen-bond donors (Lipinski definition) is 0. The largest absolute Gasteiger partial charge is 0.465 e. The van der Waals surface area contributed by atoms with Crippen LogP contribution in [0.15, 0.2) is 30.3 Å². The zero-order valence-corrected chi connectivity index (χ0v) is 13.7. The fourth-order valence-electron chi connectivity index (χ4n) is 2.50. The number of nitrogens with zero attached hydrogens (tertiary/aromatic N) is 1.